The van der Waals surface area contributed by atoms with Crippen LogP contribution >= 0.6 is 0 Å². The maximum atomic E-state index is 12.9. The van der Waals surface area contributed by atoms with Gasteiger partial charge in [-0.15, -0.1) is 0 Å². The van der Waals surface area contributed by atoms with Crippen LogP contribution in [0.2, 0.25) is 0 Å². The molecule has 3 aromatic heterocycles. The molecule has 0 radical (unpaired) electrons. The van der Waals surface area contributed by atoms with Crippen LogP contribution in [0.1, 0.15) is 17.6 Å². The summed E-state index contributed by atoms with van der Waals surface area (Å²) in [6.07, 6.45) is 6.62. The SMILES string of the molecule is Cn1ccnc1C(Nc1ccc(F)nc1)c1ccco1. The number of aryl methyl sites for hydroxylation is 1. The number of aromatic nitrogens is 3. The van der Waals surface area contributed by atoms with Crippen molar-refractivity contribution in [2.75, 3.05) is 5.32 Å². The van der Waals surface area contributed by atoms with Crippen LogP contribution in [0, 0.1) is 5.95 Å². The van der Waals surface area contributed by atoms with Crippen molar-refractivity contribution in [3.8, 4) is 0 Å². The quantitative estimate of drug-likeness (QED) is 0.742. The van der Waals surface area contributed by atoms with Crippen molar-refractivity contribution in [2.24, 2.45) is 7.05 Å². The zero-order valence-electron chi connectivity index (χ0n) is 10.8. The molecule has 0 aliphatic carbocycles. The van der Waals surface area contributed by atoms with Crippen molar-refractivity contribution >= 4 is 5.69 Å². The smallest absolute Gasteiger partial charge is 0.212 e. The van der Waals surface area contributed by atoms with E-state index in [1.807, 2.05) is 29.9 Å². The van der Waals surface area contributed by atoms with Crippen molar-refractivity contribution in [3.63, 3.8) is 0 Å². The summed E-state index contributed by atoms with van der Waals surface area (Å²) in [6.45, 7) is 0. The molecule has 6 heteroatoms. The Hall–Kier alpha value is -2.63. The predicted molar refractivity (Wildman–Crippen MR) is 71.6 cm³/mol. The van der Waals surface area contributed by atoms with Gasteiger partial charge in [-0.2, -0.15) is 4.39 Å². The van der Waals surface area contributed by atoms with E-state index in [9.17, 15) is 4.39 Å². The molecule has 0 aliphatic rings. The number of anilines is 1. The van der Waals surface area contributed by atoms with E-state index < -0.39 is 5.95 Å². The lowest BCUT2D eigenvalue weighted by molar-refractivity contribution is 0.488. The van der Waals surface area contributed by atoms with E-state index in [1.54, 1.807) is 18.5 Å². The van der Waals surface area contributed by atoms with Crippen LogP contribution in [0.5, 0.6) is 0 Å². The van der Waals surface area contributed by atoms with Crippen LogP contribution in [-0.4, -0.2) is 14.5 Å². The molecule has 0 saturated carbocycles. The Labute approximate surface area is 115 Å². The Morgan fingerprint density at radius 1 is 1.30 bits per heavy atom. The number of imidazole rings is 1. The maximum Gasteiger partial charge on any atom is 0.212 e. The first-order valence-corrected chi connectivity index (χ1v) is 6.13. The summed E-state index contributed by atoms with van der Waals surface area (Å²) in [7, 11) is 1.91. The van der Waals surface area contributed by atoms with Gasteiger partial charge in [0.2, 0.25) is 5.95 Å². The minimum Gasteiger partial charge on any atom is -0.467 e. The van der Waals surface area contributed by atoms with Gasteiger partial charge in [0.05, 0.1) is 18.1 Å². The zero-order valence-corrected chi connectivity index (χ0v) is 10.8. The van der Waals surface area contributed by atoms with E-state index in [1.165, 1.54) is 12.3 Å². The lowest BCUT2D eigenvalue weighted by Crippen LogP contribution is -2.16. The molecule has 0 aliphatic heterocycles. The Bertz CT molecular complexity index is 676. The number of halogens is 1. The Morgan fingerprint density at radius 3 is 2.80 bits per heavy atom. The largest absolute Gasteiger partial charge is 0.467 e. The van der Waals surface area contributed by atoms with E-state index in [0.717, 1.165) is 11.6 Å². The molecular weight excluding hydrogens is 259 g/mol. The molecule has 0 spiro atoms. The van der Waals surface area contributed by atoms with E-state index in [4.69, 9.17) is 4.42 Å². The summed E-state index contributed by atoms with van der Waals surface area (Å²) >= 11 is 0. The van der Waals surface area contributed by atoms with E-state index >= 15 is 0 Å². The van der Waals surface area contributed by atoms with Gasteiger partial charge in [-0.25, -0.2) is 9.97 Å². The highest BCUT2D eigenvalue weighted by Crippen LogP contribution is 2.25. The summed E-state index contributed by atoms with van der Waals surface area (Å²) in [5, 5.41) is 3.25. The summed E-state index contributed by atoms with van der Waals surface area (Å²) in [5.74, 6) is 1.01. The van der Waals surface area contributed by atoms with Crippen molar-refractivity contribution in [1.29, 1.82) is 0 Å². The zero-order chi connectivity index (χ0) is 13.9. The number of hydrogen-bond donors (Lipinski definition) is 1. The third kappa shape index (κ3) is 2.40. The number of pyridine rings is 1. The summed E-state index contributed by atoms with van der Waals surface area (Å²) < 4.78 is 20.2. The molecule has 3 rings (SSSR count). The minimum atomic E-state index is -0.512. The first-order valence-electron chi connectivity index (χ1n) is 6.13. The van der Waals surface area contributed by atoms with Crippen molar-refractivity contribution in [1.82, 2.24) is 14.5 Å². The summed E-state index contributed by atoms with van der Waals surface area (Å²) in [4.78, 5) is 7.96. The molecule has 1 N–H and O–H groups in total. The van der Waals surface area contributed by atoms with Gasteiger partial charge in [0.25, 0.3) is 0 Å². The molecule has 0 bridgehead atoms. The van der Waals surface area contributed by atoms with Gasteiger partial charge in [0.1, 0.15) is 17.6 Å². The van der Waals surface area contributed by atoms with Crippen LogP contribution in [-0.2, 0) is 7.05 Å². The van der Waals surface area contributed by atoms with Gasteiger partial charge in [-0.1, -0.05) is 0 Å². The van der Waals surface area contributed by atoms with Crippen molar-refractivity contribution in [2.45, 2.75) is 6.04 Å². The van der Waals surface area contributed by atoms with Crippen LogP contribution < -0.4 is 5.32 Å². The molecule has 1 atom stereocenters. The third-order valence-corrected chi connectivity index (χ3v) is 2.98. The topological polar surface area (TPSA) is 55.9 Å². The molecule has 0 fully saturated rings. The molecule has 0 amide bonds. The third-order valence-electron chi connectivity index (χ3n) is 2.98. The highest BCUT2D eigenvalue weighted by Gasteiger charge is 2.20. The lowest BCUT2D eigenvalue weighted by atomic mass is 10.2. The van der Waals surface area contributed by atoms with Gasteiger partial charge in [0.15, 0.2) is 0 Å². The van der Waals surface area contributed by atoms with Gasteiger partial charge < -0.3 is 14.3 Å². The Balaban J connectivity index is 1.94. The Morgan fingerprint density at radius 2 is 2.20 bits per heavy atom. The highest BCUT2D eigenvalue weighted by atomic mass is 19.1. The molecule has 0 saturated heterocycles. The van der Waals surface area contributed by atoms with Crippen molar-refractivity contribution < 1.29 is 8.81 Å². The van der Waals surface area contributed by atoms with Gasteiger partial charge in [-0.05, 0) is 24.3 Å². The van der Waals surface area contributed by atoms with E-state index in [-0.39, 0.29) is 6.04 Å². The van der Waals surface area contributed by atoms with Gasteiger partial charge in [-0.3, -0.25) is 0 Å². The normalized spacial score (nSPS) is 12.3. The average molecular weight is 272 g/mol. The standard InChI is InChI=1S/C14H13FN4O/c1-19-7-6-16-14(19)13(11-3-2-8-20-11)18-10-4-5-12(15)17-9-10/h2-9,13,18H,1H3. The second kappa shape index (κ2) is 5.16. The molecule has 1 unspecified atom stereocenters. The highest BCUT2D eigenvalue weighted by molar-refractivity contribution is 5.44. The van der Waals surface area contributed by atoms with Crippen molar-refractivity contribution in [3.05, 3.63) is 66.7 Å². The first kappa shape index (κ1) is 12.4. The van der Waals surface area contributed by atoms with E-state index in [2.05, 4.69) is 15.3 Å². The first-order chi connectivity index (χ1) is 9.74. The monoisotopic (exact) mass is 272 g/mol. The second-order valence-corrected chi connectivity index (χ2v) is 4.36. The fraction of sp³-hybridized carbons (Fsp3) is 0.143. The van der Waals surface area contributed by atoms with Gasteiger partial charge >= 0.3 is 0 Å². The average Bonchev–Trinajstić information content (AvgIpc) is 3.10. The number of furan rings is 1. The summed E-state index contributed by atoms with van der Waals surface area (Å²) in [5.41, 5.74) is 0.691. The summed E-state index contributed by atoms with van der Waals surface area (Å²) in [6, 6.07) is 6.35. The predicted octanol–water partition coefficient (Wildman–Crippen LogP) is 2.75. The second-order valence-electron chi connectivity index (χ2n) is 4.36. The minimum absolute atomic E-state index is 0.266. The van der Waals surface area contributed by atoms with Crippen LogP contribution in [0.15, 0.2) is 53.5 Å². The van der Waals surface area contributed by atoms with E-state index in [0.29, 0.717) is 5.69 Å². The fourth-order valence-corrected chi connectivity index (χ4v) is 2.00. The fourth-order valence-electron chi connectivity index (χ4n) is 2.00. The number of hydrogen-bond acceptors (Lipinski definition) is 4. The van der Waals surface area contributed by atoms with Crippen LogP contribution in [0.25, 0.3) is 0 Å². The molecule has 102 valence electrons. The maximum absolute atomic E-state index is 12.9. The number of nitrogens with zero attached hydrogens (tertiary/aromatic N) is 3. The van der Waals surface area contributed by atoms with Gasteiger partial charge in [0, 0.05) is 19.4 Å². The molecule has 3 aromatic rings. The number of rotatable bonds is 4. The Kier molecular flexibility index (Phi) is 3.20. The molecule has 3 heterocycles. The number of nitrogens with one attached hydrogen (secondary N) is 1. The van der Waals surface area contributed by atoms with Crippen LogP contribution in [0.4, 0.5) is 10.1 Å². The lowest BCUT2D eigenvalue weighted by Gasteiger charge is -2.17. The van der Waals surface area contributed by atoms with Crippen LogP contribution in [0.3, 0.4) is 0 Å². The molecule has 0 aromatic carbocycles. The molecule has 5 nitrogen and oxygen atoms in total. The molecular formula is C14H13FN4O. The molecule has 20 heavy (non-hydrogen) atoms.